The van der Waals surface area contributed by atoms with Crippen molar-refractivity contribution in [2.45, 2.75) is 90.7 Å². The minimum atomic E-state index is -1.10. The van der Waals surface area contributed by atoms with Crippen molar-refractivity contribution in [3.05, 3.63) is 396 Å². The monoisotopic (exact) mass is 2110 g/mol. The van der Waals surface area contributed by atoms with Gasteiger partial charge in [-0.15, -0.1) is 56.7 Å². The first-order valence-corrected chi connectivity index (χ1v) is 52.4. The number of hydrogen-bond donors (Lipinski definition) is 6. The molecule has 0 bridgehead atoms. The number of aryl methyl sites for hydroxylation is 1. The number of imidazole rings is 1. The van der Waals surface area contributed by atoms with Gasteiger partial charge < -0.3 is 25.0 Å². The number of thiophene rings is 5. The highest BCUT2D eigenvalue weighted by atomic mass is 35.5. The van der Waals surface area contributed by atoms with Gasteiger partial charge in [0, 0.05) is 182 Å². The Morgan fingerprint density at radius 2 is 0.940 bits per heavy atom. The Morgan fingerprint density at radius 3 is 1.39 bits per heavy atom. The predicted molar refractivity (Wildman–Crippen MR) is 586 cm³/mol. The first-order chi connectivity index (χ1) is 72.5. The van der Waals surface area contributed by atoms with Gasteiger partial charge in [-0.1, -0.05) is 110 Å². The molecule has 13 aromatic heterocycles. The van der Waals surface area contributed by atoms with Crippen LogP contribution in [0.25, 0.3) is 99.9 Å². The van der Waals surface area contributed by atoms with Crippen molar-refractivity contribution >= 4 is 132 Å². The molecule has 0 aliphatic carbocycles. The van der Waals surface area contributed by atoms with Gasteiger partial charge >= 0.3 is 0 Å². The van der Waals surface area contributed by atoms with E-state index in [0.717, 1.165) is 198 Å². The molecular weight excluding hydrogens is 2020 g/mol. The Labute approximate surface area is 886 Å². The number of H-pyrrole nitrogens is 3. The molecule has 6 N–H and O–H groups in total. The highest BCUT2D eigenvalue weighted by Gasteiger charge is 2.38. The Kier molecular flexibility index (Phi) is 32.2. The molecule has 149 heavy (non-hydrogen) atoms. The quantitative estimate of drug-likeness (QED) is 0.0260. The molecule has 0 radical (unpaired) electrons. The summed E-state index contributed by atoms with van der Waals surface area (Å²) in [6.07, 6.45) is 22.7. The number of aliphatic hydroxyl groups is 3. The maximum Gasteiger partial charge on any atom is 0.212 e. The topological polar surface area (TPSA) is 354 Å². The maximum atomic E-state index is 13.6. The molecule has 19 aromatic rings. The van der Waals surface area contributed by atoms with Crippen molar-refractivity contribution in [1.82, 2.24) is 80.3 Å². The van der Waals surface area contributed by atoms with Gasteiger partial charge in [-0.3, -0.25) is 49.5 Å². The van der Waals surface area contributed by atoms with Crippen molar-refractivity contribution in [3.63, 3.8) is 0 Å². The van der Waals surface area contributed by atoms with Crippen molar-refractivity contribution in [2.24, 2.45) is 32.2 Å². The number of methoxy groups -OCH3 is 1. The van der Waals surface area contributed by atoms with E-state index in [2.05, 4.69) is 156 Å². The van der Waals surface area contributed by atoms with E-state index in [1.54, 1.807) is 142 Å². The van der Waals surface area contributed by atoms with E-state index in [4.69, 9.17) is 34.5 Å². The number of nitrogens with zero attached hydrogens (tertiary/aromatic N) is 18. The van der Waals surface area contributed by atoms with Gasteiger partial charge in [0.15, 0.2) is 23.3 Å². The zero-order valence-electron chi connectivity index (χ0n) is 81.1. The number of aromatic amines is 3. The predicted octanol–water partition coefficient (Wildman–Crippen LogP) is 25.0. The van der Waals surface area contributed by atoms with Gasteiger partial charge in [-0.2, -0.15) is 40.8 Å². The molecule has 2 fully saturated rings. The summed E-state index contributed by atoms with van der Waals surface area (Å²) in [6.45, 7) is 21.7. The number of fused-ring (bicyclic) bond motifs is 1. The zero-order valence-corrected chi connectivity index (χ0v) is 86.7. The van der Waals surface area contributed by atoms with E-state index in [1.807, 2.05) is 159 Å². The van der Waals surface area contributed by atoms with E-state index in [0.29, 0.717) is 60.2 Å². The van der Waals surface area contributed by atoms with Crippen LogP contribution in [0.2, 0.25) is 10.0 Å². The fourth-order valence-electron chi connectivity index (χ4n) is 18.3. The molecule has 4 aliphatic heterocycles. The van der Waals surface area contributed by atoms with Crippen LogP contribution in [0.1, 0.15) is 153 Å². The fourth-order valence-corrected chi connectivity index (χ4v) is 24.4. The molecule has 0 saturated carbocycles. The summed E-state index contributed by atoms with van der Waals surface area (Å²) >= 11 is 20.3. The number of hydrogen-bond acceptors (Lipinski definition) is 28. The second-order valence-electron chi connectivity index (χ2n) is 36.1. The standard InChI is InChI=1S/2C25H24ClN5OS.C23H15N5OS.C21H19N3O2S.C19H13F2N3OS/c2*1-15-12-31(13-15)23(17-3-5-19(26)6-4-17)21-11-22(33-24(21)25-28-14-29-30-25)18-7-8-27-20(10-18)9-16(2)32;1-24-19-18(20(29)16-7-6-14-4-2-3-5-15(14)12-16)22(23-25-10-11-26-23)30-21(19)17-8-9-27-28-13-17;1-13-11-15(3-4-18(13)26-2)20(25)16-12-19(14-5-8-22-9-6-14)27-21(16)17-7-10-23-24-17;20-14-2-1-12(9-15(14)21)18(25)13-10-17(11-3-6-22-7-4-11)26-19(13)16-5-8-23-24-16/h2*3-8,10-11,14-15,23H,9,12-13H2,1-2H3,(H,28,29,30);2-13,20,29H,(H,25,26);3-6,8-12,20,25H,7H2,1-2H3;1-4,6-10,18,25H,5H2. The first kappa shape index (κ1) is 102. The van der Waals surface area contributed by atoms with E-state index < -0.39 is 29.9 Å². The van der Waals surface area contributed by atoms with Gasteiger partial charge in [-0.05, 0) is 244 Å². The Balaban J connectivity index is 0.000000117. The molecular formula is C113H95Cl2F2N21O6S5. The lowest BCUT2D eigenvalue weighted by molar-refractivity contribution is -0.117. The summed E-state index contributed by atoms with van der Waals surface area (Å²) in [5.41, 5.74) is 18.1. The number of rotatable bonds is 27. The van der Waals surface area contributed by atoms with E-state index in [1.165, 1.54) is 51.0 Å². The van der Waals surface area contributed by atoms with Crippen LogP contribution in [0, 0.1) is 37.0 Å². The minimum Gasteiger partial charge on any atom is -0.496 e. The van der Waals surface area contributed by atoms with Crippen molar-refractivity contribution < 1.29 is 38.4 Å². The van der Waals surface area contributed by atoms with Crippen LogP contribution in [0.3, 0.4) is 0 Å². The minimum absolute atomic E-state index is 0.0853. The highest BCUT2D eigenvalue weighted by Crippen LogP contribution is 2.53. The van der Waals surface area contributed by atoms with Gasteiger partial charge in [0.1, 0.15) is 48.0 Å². The first-order valence-electron chi connectivity index (χ1n) is 47.6. The Morgan fingerprint density at radius 1 is 0.470 bits per heavy atom. The third kappa shape index (κ3) is 23.7. The molecule has 23 rings (SSSR count). The van der Waals surface area contributed by atoms with Crippen molar-refractivity contribution in [1.29, 1.82) is 0 Å². The van der Waals surface area contributed by atoms with Crippen LogP contribution < -0.4 is 4.74 Å². The maximum absolute atomic E-state index is 13.6. The number of Topliss-reactive ketones (excluding diaryl/α,β-unsaturated/α-hetero) is 2. The lowest BCUT2D eigenvalue weighted by Gasteiger charge is -2.43. The van der Waals surface area contributed by atoms with Crippen molar-refractivity contribution in [3.8, 4) is 90.1 Å². The molecule has 6 aromatic carbocycles. The number of ether oxygens (including phenoxy) is 1. The second-order valence-corrected chi connectivity index (χ2v) is 42.2. The SMILES string of the molecule is CC(=O)Cc1cc(-c2cc(C(c3ccc(Cl)cc3)N3CC(C)C3)c(-c3ncn[nH]3)s2)ccn1.CC(=O)Cc1cc(-c2cc(C(c3ccc(Cl)cc3)N3CC(C)C3)c(-c3ncn[nH]3)s2)ccn1.COc1ccc(C(O)c2cc(-c3ccncc3)sc2C2=NN=CC2)cc1C.OC(c1ccc(F)c(F)c1)c1cc(-c2ccncc2)sc1C1=NN=CC1.[C-]#[N+]c1c(-c2ccnnc2)sc(-c2ncc[nH]2)c1C(O)c1ccc2ccccc2c1. The van der Waals surface area contributed by atoms with Gasteiger partial charge in [0.25, 0.3) is 0 Å². The number of ketones is 2. The normalized spacial score (nSPS) is 14.3. The molecule has 0 spiro atoms. The van der Waals surface area contributed by atoms with Crippen LogP contribution in [0.4, 0.5) is 14.5 Å². The van der Waals surface area contributed by atoms with Gasteiger partial charge in [0.2, 0.25) is 5.69 Å². The summed E-state index contributed by atoms with van der Waals surface area (Å²) in [5.74, 6) is 2.54. The van der Waals surface area contributed by atoms with Gasteiger partial charge in [-0.25, -0.2) is 28.6 Å². The molecule has 2 saturated heterocycles. The van der Waals surface area contributed by atoms with Crippen LogP contribution >= 0.6 is 79.9 Å². The molecule has 5 atom stereocenters. The lowest BCUT2D eigenvalue weighted by Crippen LogP contribution is -2.47. The fraction of sp³-hybridized carbons (Fsp3) is 0.186. The number of aromatic nitrogens is 14. The molecule has 36 heteroatoms. The summed E-state index contributed by atoms with van der Waals surface area (Å²) in [6, 6.07) is 65.3. The van der Waals surface area contributed by atoms with Crippen LogP contribution in [-0.4, -0.2) is 164 Å². The number of halogens is 4. The summed E-state index contributed by atoms with van der Waals surface area (Å²) in [7, 11) is 1.65. The Hall–Kier alpha value is -15.2. The van der Waals surface area contributed by atoms with E-state index in [-0.39, 0.29) is 29.2 Å². The summed E-state index contributed by atoms with van der Waals surface area (Å²) in [5, 5.41) is 75.2. The molecule has 5 unspecified atom stereocenters. The molecule has 27 nitrogen and oxygen atoms in total. The second kappa shape index (κ2) is 46.9. The smallest absolute Gasteiger partial charge is 0.212 e. The average molecular weight is 2110 g/mol. The van der Waals surface area contributed by atoms with Crippen LogP contribution in [-0.2, 0) is 22.4 Å². The summed E-state index contributed by atoms with van der Waals surface area (Å²) in [4.78, 5) is 74.8. The number of pyridine rings is 4. The molecule has 17 heterocycles. The Bertz CT molecular complexity index is 7930. The molecule has 4 aliphatic rings. The van der Waals surface area contributed by atoms with E-state index >= 15 is 0 Å². The highest BCUT2D eigenvalue weighted by molar-refractivity contribution is 7.20. The third-order valence-corrected chi connectivity index (χ3v) is 32.0. The van der Waals surface area contributed by atoms with Crippen LogP contribution in [0.5, 0.6) is 5.75 Å². The largest absolute Gasteiger partial charge is 0.496 e. The average Bonchev–Trinajstić information content (AvgIpc) is 1.65. The number of carbonyl (C=O) groups excluding carboxylic acids is 2. The van der Waals surface area contributed by atoms with Crippen LogP contribution in [0.15, 0.2) is 301 Å². The number of likely N-dealkylation sites (tertiary alicyclic amines) is 2. The third-order valence-electron chi connectivity index (χ3n) is 25.3. The van der Waals surface area contributed by atoms with Crippen molar-refractivity contribution in [2.75, 3.05) is 33.3 Å². The number of carbonyl (C=O) groups is 2. The number of nitrogens with one attached hydrogen (secondary N) is 3. The van der Waals surface area contributed by atoms with E-state index in [9.17, 15) is 33.7 Å². The number of benzene rings is 6. The lowest BCUT2D eigenvalue weighted by atomic mass is 9.90. The summed E-state index contributed by atoms with van der Waals surface area (Å²) < 4.78 is 32.1. The zero-order chi connectivity index (χ0) is 103. The molecule has 0 amide bonds. The van der Waals surface area contributed by atoms with Gasteiger partial charge in [0.05, 0.1) is 80.1 Å². The number of aliphatic hydroxyl groups excluding tert-OH is 3. The molecule has 746 valence electrons.